The molecular weight excluding hydrogens is 426 g/mol. The van der Waals surface area contributed by atoms with Gasteiger partial charge in [-0.25, -0.2) is 4.79 Å². The second kappa shape index (κ2) is 11.5. The summed E-state index contributed by atoms with van der Waals surface area (Å²) in [5.41, 5.74) is 4.39. The number of hydrogen-bond acceptors (Lipinski definition) is 3. The van der Waals surface area contributed by atoms with Crippen LogP contribution in [0.15, 0.2) is 78.9 Å². The van der Waals surface area contributed by atoms with Gasteiger partial charge in [-0.1, -0.05) is 54.6 Å². The predicted octanol–water partition coefficient (Wildman–Crippen LogP) is 5.35. The van der Waals surface area contributed by atoms with Gasteiger partial charge in [-0.2, -0.15) is 0 Å². The van der Waals surface area contributed by atoms with E-state index in [1.54, 1.807) is 24.1 Å². The maximum atomic E-state index is 13.2. The Hall–Kier alpha value is -3.64. The second-order valence-corrected chi connectivity index (χ2v) is 8.45. The summed E-state index contributed by atoms with van der Waals surface area (Å²) in [6.07, 6.45) is 2.59. The lowest BCUT2D eigenvalue weighted by atomic mass is 10.1. The highest BCUT2D eigenvalue weighted by Crippen LogP contribution is 2.29. The van der Waals surface area contributed by atoms with Gasteiger partial charge in [-0.15, -0.1) is 0 Å². The molecular formula is C28H31N3O3. The van der Waals surface area contributed by atoms with E-state index in [0.717, 1.165) is 30.5 Å². The third-order valence-corrected chi connectivity index (χ3v) is 6.02. The molecule has 1 heterocycles. The molecule has 0 atom stereocenters. The highest BCUT2D eigenvalue weighted by molar-refractivity contribution is 6.08. The molecule has 0 unspecified atom stereocenters. The molecule has 0 aliphatic carbocycles. The zero-order valence-electron chi connectivity index (χ0n) is 19.6. The lowest BCUT2D eigenvalue weighted by Gasteiger charge is -2.24. The number of nitrogens with zero attached hydrogens (tertiary/aromatic N) is 2. The van der Waals surface area contributed by atoms with E-state index in [-0.39, 0.29) is 11.9 Å². The highest BCUT2D eigenvalue weighted by atomic mass is 16.5. The van der Waals surface area contributed by atoms with Crippen LogP contribution in [0, 0.1) is 0 Å². The topological polar surface area (TPSA) is 61.9 Å². The number of urea groups is 1. The van der Waals surface area contributed by atoms with Crippen molar-refractivity contribution in [3.8, 4) is 0 Å². The van der Waals surface area contributed by atoms with Gasteiger partial charge >= 0.3 is 6.03 Å². The summed E-state index contributed by atoms with van der Waals surface area (Å²) in [5, 5.41) is 2.99. The molecule has 0 saturated carbocycles. The van der Waals surface area contributed by atoms with Crippen molar-refractivity contribution < 1.29 is 14.3 Å². The molecule has 4 rings (SSSR count). The van der Waals surface area contributed by atoms with Crippen molar-refractivity contribution in [2.45, 2.75) is 25.8 Å². The lowest BCUT2D eigenvalue weighted by molar-refractivity contribution is 0.0989. The van der Waals surface area contributed by atoms with Gasteiger partial charge in [0.2, 0.25) is 0 Å². The van der Waals surface area contributed by atoms with Crippen LogP contribution in [0.3, 0.4) is 0 Å². The average Bonchev–Trinajstić information content (AvgIpc) is 3.30. The van der Waals surface area contributed by atoms with Crippen LogP contribution >= 0.6 is 0 Å². The molecule has 1 aliphatic heterocycles. The van der Waals surface area contributed by atoms with E-state index in [4.69, 9.17) is 4.74 Å². The van der Waals surface area contributed by atoms with Crippen molar-refractivity contribution >= 4 is 23.3 Å². The number of nitrogens with one attached hydrogen (secondary N) is 1. The Kier molecular flexibility index (Phi) is 7.94. The van der Waals surface area contributed by atoms with Crippen LogP contribution in [-0.2, 0) is 17.7 Å². The summed E-state index contributed by atoms with van der Waals surface area (Å²) in [4.78, 5) is 30.0. The first kappa shape index (κ1) is 23.5. The first-order valence-electron chi connectivity index (χ1n) is 11.7. The molecule has 0 radical (unpaired) electrons. The molecule has 176 valence electrons. The van der Waals surface area contributed by atoms with E-state index in [1.807, 2.05) is 65.6 Å². The maximum absolute atomic E-state index is 13.2. The van der Waals surface area contributed by atoms with Crippen LogP contribution in [0.25, 0.3) is 0 Å². The quantitative estimate of drug-likeness (QED) is 0.441. The van der Waals surface area contributed by atoms with E-state index >= 15 is 0 Å². The third kappa shape index (κ3) is 5.83. The van der Waals surface area contributed by atoms with Crippen molar-refractivity contribution in [2.24, 2.45) is 0 Å². The first-order chi connectivity index (χ1) is 16.7. The van der Waals surface area contributed by atoms with Crippen molar-refractivity contribution in [1.82, 2.24) is 4.90 Å². The summed E-state index contributed by atoms with van der Waals surface area (Å²) in [6.45, 7) is 2.47. The number of anilines is 2. The smallest absolute Gasteiger partial charge is 0.322 e. The van der Waals surface area contributed by atoms with Crippen molar-refractivity contribution in [1.29, 1.82) is 0 Å². The molecule has 1 N–H and O–H groups in total. The van der Waals surface area contributed by atoms with Gasteiger partial charge in [-0.3, -0.25) is 4.79 Å². The van der Waals surface area contributed by atoms with E-state index < -0.39 is 0 Å². The van der Waals surface area contributed by atoms with Gasteiger partial charge in [0.05, 0.1) is 0 Å². The molecule has 3 amide bonds. The fraction of sp³-hybridized carbons (Fsp3) is 0.286. The number of benzene rings is 3. The number of fused-ring (bicyclic) bond motifs is 1. The summed E-state index contributed by atoms with van der Waals surface area (Å²) in [7, 11) is 1.68. The summed E-state index contributed by atoms with van der Waals surface area (Å²) < 4.78 is 5.14. The van der Waals surface area contributed by atoms with Crippen molar-refractivity contribution in [3.63, 3.8) is 0 Å². The minimum Gasteiger partial charge on any atom is -0.385 e. The summed E-state index contributed by atoms with van der Waals surface area (Å²) in [5.74, 6) is -0.0539. The molecule has 3 aromatic rings. The van der Waals surface area contributed by atoms with Gasteiger partial charge in [0.1, 0.15) is 0 Å². The van der Waals surface area contributed by atoms with Crippen LogP contribution in [0.1, 0.15) is 34.3 Å². The number of hydrogen-bond donors (Lipinski definition) is 1. The number of amides is 3. The van der Waals surface area contributed by atoms with Gasteiger partial charge in [0.25, 0.3) is 5.91 Å². The third-order valence-electron chi connectivity index (χ3n) is 6.02. The number of unbranched alkanes of at least 4 members (excludes halogenated alkanes) is 1. The normalized spacial score (nSPS) is 12.3. The van der Waals surface area contributed by atoms with Crippen LogP contribution in [0.5, 0.6) is 0 Å². The average molecular weight is 458 g/mol. The van der Waals surface area contributed by atoms with Gasteiger partial charge in [0, 0.05) is 50.3 Å². The maximum Gasteiger partial charge on any atom is 0.322 e. The summed E-state index contributed by atoms with van der Waals surface area (Å²) in [6, 6.07) is 24.9. The van der Waals surface area contributed by atoms with Gasteiger partial charge in [-0.05, 0) is 54.7 Å². The zero-order valence-corrected chi connectivity index (χ0v) is 19.6. The minimum absolute atomic E-state index is 0.0539. The molecule has 0 aromatic heterocycles. The Balaban J connectivity index is 1.45. The first-order valence-corrected chi connectivity index (χ1v) is 11.7. The van der Waals surface area contributed by atoms with Crippen LogP contribution in [-0.4, -0.2) is 43.6 Å². The SMILES string of the molecule is COCCCCN(Cc1ccccc1)C(=O)Nc1cccc(C(=O)N2CCc3ccccc32)c1. The van der Waals surface area contributed by atoms with Gasteiger partial charge < -0.3 is 19.9 Å². The monoisotopic (exact) mass is 457 g/mol. The lowest BCUT2D eigenvalue weighted by Crippen LogP contribution is -2.35. The van der Waals surface area contributed by atoms with Gasteiger partial charge in [0.15, 0.2) is 0 Å². The Labute approximate surface area is 201 Å². The van der Waals surface area contributed by atoms with E-state index in [9.17, 15) is 9.59 Å². The molecule has 1 aliphatic rings. The molecule has 0 bridgehead atoms. The highest BCUT2D eigenvalue weighted by Gasteiger charge is 2.25. The fourth-order valence-corrected chi connectivity index (χ4v) is 4.24. The molecule has 6 nitrogen and oxygen atoms in total. The van der Waals surface area contributed by atoms with Crippen molar-refractivity contribution in [3.05, 3.63) is 95.6 Å². The van der Waals surface area contributed by atoms with E-state index in [1.165, 1.54) is 5.56 Å². The standard InChI is InChI=1S/C28H31N3O3/c1-34-19-8-7-17-30(21-22-10-3-2-4-11-22)28(33)29-25-14-9-13-24(20-25)27(32)31-18-16-23-12-5-6-15-26(23)31/h2-6,9-15,20H,7-8,16-19,21H2,1H3,(H,29,33). The minimum atomic E-state index is -0.183. The number of ether oxygens (including phenoxy) is 1. The molecule has 34 heavy (non-hydrogen) atoms. The molecule has 6 heteroatoms. The fourth-order valence-electron chi connectivity index (χ4n) is 4.24. The Morgan fingerprint density at radius 1 is 0.971 bits per heavy atom. The Bertz CT molecular complexity index is 1120. The number of para-hydroxylation sites is 1. The predicted molar refractivity (Wildman–Crippen MR) is 135 cm³/mol. The number of carbonyl (C=O) groups excluding carboxylic acids is 2. The number of methoxy groups -OCH3 is 1. The second-order valence-electron chi connectivity index (χ2n) is 8.45. The number of rotatable bonds is 9. The zero-order chi connectivity index (χ0) is 23.8. The van der Waals surface area contributed by atoms with Crippen LogP contribution in [0.2, 0.25) is 0 Å². The van der Waals surface area contributed by atoms with Crippen molar-refractivity contribution in [2.75, 3.05) is 37.0 Å². The molecule has 0 spiro atoms. The molecule has 0 saturated heterocycles. The van der Waals surface area contributed by atoms with Crippen LogP contribution in [0.4, 0.5) is 16.2 Å². The Morgan fingerprint density at radius 2 is 1.76 bits per heavy atom. The van der Waals surface area contributed by atoms with E-state index in [2.05, 4.69) is 11.4 Å². The molecule has 0 fully saturated rings. The Morgan fingerprint density at radius 3 is 2.59 bits per heavy atom. The summed E-state index contributed by atoms with van der Waals surface area (Å²) >= 11 is 0. The van der Waals surface area contributed by atoms with Crippen LogP contribution < -0.4 is 10.2 Å². The largest absolute Gasteiger partial charge is 0.385 e. The van der Waals surface area contributed by atoms with E-state index in [0.29, 0.717) is 37.5 Å². The molecule has 3 aromatic carbocycles. The number of carbonyl (C=O) groups is 2.